The molecule has 0 fully saturated rings. The van der Waals surface area contributed by atoms with E-state index in [2.05, 4.69) is 20.4 Å². The number of rotatable bonds is 8. The predicted molar refractivity (Wildman–Crippen MR) is 103 cm³/mol. The van der Waals surface area contributed by atoms with Crippen molar-refractivity contribution in [1.29, 1.82) is 5.26 Å². The third-order valence-electron chi connectivity index (χ3n) is 3.75. The number of benzene rings is 1. The number of hydrogen-bond acceptors (Lipinski definition) is 7. The Hall–Kier alpha value is -2.93. The average molecular weight is 421 g/mol. The molecule has 0 unspecified atom stereocenters. The lowest BCUT2D eigenvalue weighted by atomic mass is 10.2. The largest absolute Gasteiger partial charge is 0.371 e. The van der Waals surface area contributed by atoms with Crippen LogP contribution in [0.4, 0.5) is 5.95 Å². The highest BCUT2D eigenvalue weighted by Crippen LogP contribution is 2.22. The molecule has 0 saturated heterocycles. The summed E-state index contributed by atoms with van der Waals surface area (Å²) in [6, 6.07) is 6.69. The van der Waals surface area contributed by atoms with Crippen molar-refractivity contribution >= 4 is 46.0 Å². The van der Waals surface area contributed by atoms with Crippen molar-refractivity contribution in [2.75, 3.05) is 18.5 Å². The van der Waals surface area contributed by atoms with Crippen LogP contribution >= 0.6 is 23.2 Å². The zero-order chi connectivity index (χ0) is 20.1. The molecule has 11 heteroatoms. The van der Waals surface area contributed by atoms with Crippen LogP contribution in [0.3, 0.4) is 0 Å². The number of fused-ring (bicyclic) bond motifs is 1. The summed E-state index contributed by atoms with van der Waals surface area (Å²) in [6.07, 6.45) is 1.47. The van der Waals surface area contributed by atoms with Crippen LogP contribution in [-0.2, 0) is 22.6 Å². The van der Waals surface area contributed by atoms with Gasteiger partial charge < -0.3 is 10.1 Å². The van der Waals surface area contributed by atoms with E-state index in [1.54, 1.807) is 12.1 Å². The molecule has 2 heterocycles. The third-order valence-corrected chi connectivity index (χ3v) is 4.49. The Bertz CT molecular complexity index is 1120. The molecular weight excluding hydrogens is 407 g/mol. The van der Waals surface area contributed by atoms with E-state index in [-0.39, 0.29) is 30.8 Å². The van der Waals surface area contributed by atoms with Crippen molar-refractivity contribution < 1.29 is 9.53 Å². The molecule has 0 radical (unpaired) electrons. The zero-order valence-corrected chi connectivity index (χ0v) is 15.9. The first-order chi connectivity index (χ1) is 13.5. The van der Waals surface area contributed by atoms with Gasteiger partial charge in [0.25, 0.3) is 11.3 Å². The number of ether oxygens (including phenoxy) is 1. The Morgan fingerprint density at radius 3 is 2.93 bits per heavy atom. The molecule has 3 rings (SSSR count). The normalized spacial score (nSPS) is 10.8. The molecule has 2 N–H and O–H groups in total. The fraction of sp³-hybridized carbons (Fsp3) is 0.235. The van der Waals surface area contributed by atoms with Gasteiger partial charge in [0.1, 0.15) is 18.2 Å². The predicted octanol–water partition coefficient (Wildman–Crippen LogP) is 2.15. The molecule has 0 aliphatic rings. The topological polar surface area (TPSA) is 126 Å². The van der Waals surface area contributed by atoms with Crippen LogP contribution in [0.25, 0.3) is 11.0 Å². The van der Waals surface area contributed by atoms with Gasteiger partial charge in [-0.3, -0.25) is 19.3 Å². The van der Waals surface area contributed by atoms with Gasteiger partial charge in [0.05, 0.1) is 29.4 Å². The number of H-pyrrole nitrogens is 1. The molecule has 0 bridgehead atoms. The zero-order valence-electron chi connectivity index (χ0n) is 14.4. The van der Waals surface area contributed by atoms with E-state index in [9.17, 15) is 9.59 Å². The summed E-state index contributed by atoms with van der Waals surface area (Å²) in [7, 11) is 0. The van der Waals surface area contributed by atoms with Gasteiger partial charge >= 0.3 is 0 Å². The number of hydrogen-bond donors (Lipinski definition) is 2. The van der Waals surface area contributed by atoms with E-state index in [1.165, 1.54) is 16.9 Å². The van der Waals surface area contributed by atoms with Gasteiger partial charge in [-0.05, 0) is 17.7 Å². The fourth-order valence-electron chi connectivity index (χ4n) is 2.44. The van der Waals surface area contributed by atoms with Gasteiger partial charge in [-0.15, -0.1) is 0 Å². The maximum Gasteiger partial charge on any atom is 0.278 e. The van der Waals surface area contributed by atoms with Crippen LogP contribution in [0.1, 0.15) is 5.56 Å². The first kappa shape index (κ1) is 19.8. The second kappa shape index (κ2) is 8.84. The highest BCUT2D eigenvalue weighted by atomic mass is 35.5. The Kier molecular flexibility index (Phi) is 6.26. The Morgan fingerprint density at radius 2 is 2.18 bits per heavy atom. The van der Waals surface area contributed by atoms with Crippen LogP contribution in [0.2, 0.25) is 10.0 Å². The molecule has 2 aromatic heterocycles. The molecule has 0 saturated carbocycles. The number of anilines is 1. The number of ketones is 1. The summed E-state index contributed by atoms with van der Waals surface area (Å²) in [5.41, 5.74) is 1.20. The number of carbonyl (C=O) groups is 1. The third kappa shape index (κ3) is 4.67. The maximum absolute atomic E-state index is 12.4. The van der Waals surface area contributed by atoms with E-state index in [4.69, 9.17) is 33.2 Å². The molecule has 3 aromatic rings. The van der Waals surface area contributed by atoms with E-state index in [1.807, 2.05) is 6.07 Å². The number of aromatic amines is 1. The van der Waals surface area contributed by atoms with Crippen molar-refractivity contribution in [2.24, 2.45) is 0 Å². The summed E-state index contributed by atoms with van der Waals surface area (Å²) in [4.78, 5) is 30.3. The minimum atomic E-state index is -0.664. The SMILES string of the molecule is N#CC(=O)COCCn1ncc2nc(NCc3ccc(Cl)c(Cl)c3)[nH]c(=O)c21. The maximum atomic E-state index is 12.4. The van der Waals surface area contributed by atoms with Crippen molar-refractivity contribution in [3.63, 3.8) is 0 Å². The lowest BCUT2D eigenvalue weighted by Crippen LogP contribution is -2.18. The Labute approximate surface area is 168 Å². The standard InChI is InChI=1S/C17H14Cl2N6O3/c18-12-2-1-10(5-13(12)19)7-21-17-23-14-8-22-25(15(14)16(27)24-17)3-4-28-9-11(26)6-20/h1-2,5,8H,3-4,7,9H2,(H2,21,23,24,27). The van der Waals surface area contributed by atoms with Crippen LogP contribution in [0.5, 0.6) is 0 Å². The van der Waals surface area contributed by atoms with Gasteiger partial charge in [-0.2, -0.15) is 10.4 Å². The number of nitrogens with zero attached hydrogens (tertiary/aromatic N) is 4. The number of halogens is 2. The van der Waals surface area contributed by atoms with Gasteiger partial charge in [-0.1, -0.05) is 29.3 Å². The monoisotopic (exact) mass is 420 g/mol. The molecular formula is C17H14Cl2N6O3. The first-order valence-electron chi connectivity index (χ1n) is 8.12. The van der Waals surface area contributed by atoms with E-state index < -0.39 is 5.78 Å². The molecule has 0 amide bonds. The molecule has 144 valence electrons. The number of carbonyl (C=O) groups excluding carboxylic acids is 1. The van der Waals surface area contributed by atoms with E-state index in [0.29, 0.717) is 28.1 Å². The number of nitriles is 1. The van der Waals surface area contributed by atoms with Gasteiger partial charge in [-0.25, -0.2) is 4.98 Å². The number of aromatic nitrogens is 4. The molecule has 0 aliphatic carbocycles. The first-order valence-corrected chi connectivity index (χ1v) is 8.88. The average Bonchev–Trinajstić information content (AvgIpc) is 3.09. The van der Waals surface area contributed by atoms with Crippen molar-refractivity contribution in [3.05, 3.63) is 50.4 Å². The lowest BCUT2D eigenvalue weighted by molar-refractivity contribution is -0.118. The van der Waals surface area contributed by atoms with Crippen molar-refractivity contribution in [3.8, 4) is 6.07 Å². The lowest BCUT2D eigenvalue weighted by Gasteiger charge is -2.07. The minimum absolute atomic E-state index is 0.126. The second-order valence-electron chi connectivity index (χ2n) is 5.71. The van der Waals surface area contributed by atoms with E-state index >= 15 is 0 Å². The van der Waals surface area contributed by atoms with E-state index in [0.717, 1.165) is 5.56 Å². The van der Waals surface area contributed by atoms with Gasteiger partial charge in [0, 0.05) is 6.54 Å². The van der Waals surface area contributed by atoms with Crippen molar-refractivity contribution in [1.82, 2.24) is 19.7 Å². The molecule has 28 heavy (non-hydrogen) atoms. The van der Waals surface area contributed by atoms with Crippen molar-refractivity contribution in [2.45, 2.75) is 13.1 Å². The Morgan fingerprint density at radius 1 is 1.36 bits per heavy atom. The summed E-state index contributed by atoms with van der Waals surface area (Å²) in [6.45, 7) is 0.456. The van der Waals surface area contributed by atoms with Gasteiger partial charge in [0.2, 0.25) is 5.95 Å². The molecule has 0 atom stereocenters. The summed E-state index contributed by atoms with van der Waals surface area (Å²) in [5.74, 6) is -0.374. The minimum Gasteiger partial charge on any atom is -0.371 e. The van der Waals surface area contributed by atoms with Crippen LogP contribution in [0, 0.1) is 11.3 Å². The summed E-state index contributed by atoms with van der Waals surface area (Å²) >= 11 is 11.9. The molecule has 0 aliphatic heterocycles. The van der Waals surface area contributed by atoms with Crippen LogP contribution in [0.15, 0.2) is 29.2 Å². The Balaban J connectivity index is 1.68. The highest BCUT2D eigenvalue weighted by Gasteiger charge is 2.11. The fourth-order valence-corrected chi connectivity index (χ4v) is 2.76. The highest BCUT2D eigenvalue weighted by molar-refractivity contribution is 6.42. The molecule has 1 aromatic carbocycles. The number of nitrogens with one attached hydrogen (secondary N) is 2. The smallest absolute Gasteiger partial charge is 0.278 e. The quantitative estimate of drug-likeness (QED) is 0.422. The summed E-state index contributed by atoms with van der Waals surface area (Å²) in [5, 5.41) is 16.4. The van der Waals surface area contributed by atoms with Crippen LogP contribution in [-0.4, -0.2) is 38.7 Å². The summed E-state index contributed by atoms with van der Waals surface area (Å²) < 4.78 is 6.51. The molecule has 0 spiro atoms. The van der Waals surface area contributed by atoms with Crippen LogP contribution < -0.4 is 10.9 Å². The molecule has 9 nitrogen and oxygen atoms in total. The van der Waals surface area contributed by atoms with Gasteiger partial charge in [0.15, 0.2) is 5.52 Å². The second-order valence-corrected chi connectivity index (χ2v) is 6.52. The number of Topliss-reactive ketones (excluding diaryl/α,β-unsaturated/α-hetero) is 1.